The first-order valence-corrected chi connectivity index (χ1v) is 3.80. The fraction of sp³-hybridized carbons (Fsp3) is 0.286. The van der Waals surface area contributed by atoms with Gasteiger partial charge in [-0.3, -0.25) is 10.1 Å². The van der Waals surface area contributed by atoms with Gasteiger partial charge in [-0.2, -0.15) is 0 Å². The van der Waals surface area contributed by atoms with Gasteiger partial charge >= 0.3 is 5.69 Å². The van der Waals surface area contributed by atoms with Crippen molar-refractivity contribution in [3.8, 4) is 0 Å². The van der Waals surface area contributed by atoms with Crippen LogP contribution in [0.4, 0.5) is 17.3 Å². The minimum Gasteiger partial charge on any atom is -0.378 e. The maximum Gasteiger partial charge on any atom is 0.311 e. The molecule has 3 N–H and O–H groups in total. The van der Waals surface area contributed by atoms with Crippen LogP contribution in [0.2, 0.25) is 0 Å². The molecule has 1 heterocycles. The van der Waals surface area contributed by atoms with E-state index in [0.29, 0.717) is 12.4 Å². The molecule has 70 valence electrons. The molecule has 0 saturated carbocycles. The number of nitrogen functional groups attached to an aromatic ring is 1. The minimum atomic E-state index is -0.557. The summed E-state index contributed by atoms with van der Waals surface area (Å²) in [6.07, 6.45) is 0. The largest absolute Gasteiger partial charge is 0.378 e. The zero-order valence-corrected chi connectivity index (χ0v) is 7.15. The Morgan fingerprint density at radius 2 is 2.38 bits per heavy atom. The predicted molar refractivity (Wildman–Crippen MR) is 49.5 cm³/mol. The number of nitrogens with zero attached hydrogens (tertiary/aromatic N) is 2. The molecule has 6 heteroatoms. The summed E-state index contributed by atoms with van der Waals surface area (Å²) < 4.78 is 0. The Bertz CT molecular complexity index is 326. The van der Waals surface area contributed by atoms with Gasteiger partial charge in [0.15, 0.2) is 0 Å². The van der Waals surface area contributed by atoms with E-state index in [1.165, 1.54) is 12.1 Å². The molecule has 0 aliphatic carbocycles. The molecule has 0 fully saturated rings. The van der Waals surface area contributed by atoms with Gasteiger partial charge in [0.2, 0.25) is 5.82 Å². The standard InChI is InChI=1S/C7H10N4O2/c1-2-9-6-4-3-5(11(12)13)7(8)10-6/h3-4H,2H2,1H3,(H3,8,9,10). The smallest absolute Gasteiger partial charge is 0.311 e. The van der Waals surface area contributed by atoms with E-state index in [-0.39, 0.29) is 11.5 Å². The average molecular weight is 182 g/mol. The molecule has 0 aliphatic heterocycles. The molecule has 0 aliphatic rings. The van der Waals surface area contributed by atoms with Gasteiger partial charge in [-0.1, -0.05) is 0 Å². The van der Waals surface area contributed by atoms with E-state index in [0.717, 1.165) is 0 Å². The molecule has 0 radical (unpaired) electrons. The fourth-order valence-corrected chi connectivity index (χ4v) is 0.902. The number of nitro groups is 1. The van der Waals surface area contributed by atoms with Crippen molar-refractivity contribution in [1.29, 1.82) is 0 Å². The van der Waals surface area contributed by atoms with Gasteiger partial charge in [0.1, 0.15) is 5.82 Å². The molecule has 13 heavy (non-hydrogen) atoms. The first kappa shape index (κ1) is 9.24. The lowest BCUT2D eigenvalue weighted by Gasteiger charge is -2.02. The molecule has 0 amide bonds. The highest BCUT2D eigenvalue weighted by molar-refractivity contribution is 5.57. The van der Waals surface area contributed by atoms with Gasteiger partial charge in [0.05, 0.1) is 4.92 Å². The van der Waals surface area contributed by atoms with Crippen molar-refractivity contribution >= 4 is 17.3 Å². The van der Waals surface area contributed by atoms with Crippen molar-refractivity contribution < 1.29 is 4.92 Å². The second kappa shape index (κ2) is 3.70. The zero-order valence-electron chi connectivity index (χ0n) is 7.15. The summed E-state index contributed by atoms with van der Waals surface area (Å²) in [5.74, 6) is 0.481. The van der Waals surface area contributed by atoms with Gasteiger partial charge in [-0.25, -0.2) is 4.98 Å². The molecule has 0 saturated heterocycles. The highest BCUT2D eigenvalue weighted by Gasteiger charge is 2.11. The van der Waals surface area contributed by atoms with Crippen LogP contribution in [0.5, 0.6) is 0 Å². The lowest BCUT2D eigenvalue weighted by molar-refractivity contribution is -0.384. The number of nitrogens with one attached hydrogen (secondary N) is 1. The first-order valence-electron chi connectivity index (χ1n) is 3.80. The molecule has 0 unspecified atom stereocenters. The molecular weight excluding hydrogens is 172 g/mol. The van der Waals surface area contributed by atoms with E-state index in [2.05, 4.69) is 10.3 Å². The number of aromatic nitrogens is 1. The molecule has 1 rings (SSSR count). The molecular formula is C7H10N4O2. The Balaban J connectivity index is 2.98. The summed E-state index contributed by atoms with van der Waals surface area (Å²) in [5.41, 5.74) is 5.19. The first-order chi connectivity index (χ1) is 6.15. The van der Waals surface area contributed by atoms with Crippen molar-refractivity contribution in [1.82, 2.24) is 4.98 Å². The quantitative estimate of drug-likeness (QED) is 0.537. The monoisotopic (exact) mass is 182 g/mol. The Morgan fingerprint density at radius 3 is 2.85 bits per heavy atom. The lowest BCUT2D eigenvalue weighted by Crippen LogP contribution is -2.03. The van der Waals surface area contributed by atoms with Crippen molar-refractivity contribution in [3.05, 3.63) is 22.2 Å². The SMILES string of the molecule is CCNc1ccc([N+](=O)[O-])c(N)n1. The summed E-state index contributed by atoms with van der Waals surface area (Å²) in [5, 5.41) is 13.3. The van der Waals surface area contributed by atoms with Crippen LogP contribution in [-0.4, -0.2) is 16.5 Å². The highest BCUT2D eigenvalue weighted by Crippen LogP contribution is 2.20. The van der Waals surface area contributed by atoms with Crippen LogP contribution in [-0.2, 0) is 0 Å². The second-order valence-electron chi connectivity index (χ2n) is 2.39. The second-order valence-corrected chi connectivity index (χ2v) is 2.39. The number of rotatable bonds is 3. The van der Waals surface area contributed by atoms with Crippen LogP contribution in [0.1, 0.15) is 6.92 Å². The topological polar surface area (TPSA) is 94.1 Å². The van der Waals surface area contributed by atoms with Gasteiger partial charge in [0, 0.05) is 12.6 Å². The van der Waals surface area contributed by atoms with E-state index in [9.17, 15) is 10.1 Å². The van der Waals surface area contributed by atoms with Crippen molar-refractivity contribution in [2.45, 2.75) is 6.92 Å². The summed E-state index contributed by atoms with van der Waals surface area (Å²) in [7, 11) is 0. The zero-order chi connectivity index (χ0) is 9.84. The molecule has 0 bridgehead atoms. The molecule has 0 atom stereocenters. The Hall–Kier alpha value is -1.85. The minimum absolute atomic E-state index is 0.0662. The summed E-state index contributed by atoms with van der Waals surface area (Å²) in [6, 6.07) is 2.86. The van der Waals surface area contributed by atoms with E-state index >= 15 is 0 Å². The Labute approximate surface area is 74.9 Å². The molecule has 0 spiro atoms. The number of hydrogen-bond donors (Lipinski definition) is 2. The van der Waals surface area contributed by atoms with Crippen LogP contribution >= 0.6 is 0 Å². The molecule has 1 aromatic rings. The lowest BCUT2D eigenvalue weighted by atomic mass is 10.4. The number of hydrogen-bond acceptors (Lipinski definition) is 5. The maximum atomic E-state index is 10.4. The van der Waals surface area contributed by atoms with Gasteiger partial charge in [-0.15, -0.1) is 0 Å². The normalized spacial score (nSPS) is 9.62. The van der Waals surface area contributed by atoms with Crippen LogP contribution in [0.25, 0.3) is 0 Å². The maximum absolute atomic E-state index is 10.4. The van der Waals surface area contributed by atoms with Gasteiger partial charge in [-0.05, 0) is 13.0 Å². The summed E-state index contributed by atoms with van der Waals surface area (Å²) in [4.78, 5) is 13.6. The Morgan fingerprint density at radius 1 is 1.69 bits per heavy atom. The van der Waals surface area contributed by atoms with Gasteiger partial charge < -0.3 is 11.1 Å². The number of pyridine rings is 1. The van der Waals surface area contributed by atoms with Crippen LogP contribution in [0, 0.1) is 10.1 Å². The van der Waals surface area contributed by atoms with Crippen molar-refractivity contribution in [2.75, 3.05) is 17.6 Å². The molecule has 0 aromatic carbocycles. The van der Waals surface area contributed by atoms with Crippen LogP contribution in [0.15, 0.2) is 12.1 Å². The molecule has 1 aromatic heterocycles. The van der Waals surface area contributed by atoms with Crippen molar-refractivity contribution in [2.24, 2.45) is 0 Å². The molecule has 6 nitrogen and oxygen atoms in total. The van der Waals surface area contributed by atoms with E-state index in [1.807, 2.05) is 6.92 Å². The van der Waals surface area contributed by atoms with Crippen LogP contribution in [0.3, 0.4) is 0 Å². The van der Waals surface area contributed by atoms with Crippen LogP contribution < -0.4 is 11.1 Å². The van der Waals surface area contributed by atoms with E-state index in [4.69, 9.17) is 5.73 Å². The van der Waals surface area contributed by atoms with E-state index in [1.54, 1.807) is 0 Å². The third-order valence-corrected chi connectivity index (χ3v) is 1.46. The van der Waals surface area contributed by atoms with Gasteiger partial charge in [0.25, 0.3) is 0 Å². The number of anilines is 2. The summed E-state index contributed by atoms with van der Waals surface area (Å²) >= 11 is 0. The summed E-state index contributed by atoms with van der Waals surface area (Å²) in [6.45, 7) is 2.60. The average Bonchev–Trinajstić information content (AvgIpc) is 2.04. The Kier molecular flexibility index (Phi) is 2.63. The highest BCUT2D eigenvalue weighted by atomic mass is 16.6. The number of nitrogens with two attached hydrogens (primary N) is 1. The van der Waals surface area contributed by atoms with Crippen molar-refractivity contribution in [3.63, 3.8) is 0 Å². The predicted octanol–water partition coefficient (Wildman–Crippen LogP) is 1.00. The third kappa shape index (κ3) is 2.05. The van der Waals surface area contributed by atoms with E-state index < -0.39 is 4.92 Å². The fourth-order valence-electron chi connectivity index (χ4n) is 0.902. The third-order valence-electron chi connectivity index (χ3n) is 1.46.